The van der Waals surface area contributed by atoms with Crippen molar-refractivity contribution in [1.82, 2.24) is 0 Å². The monoisotopic (exact) mass is 368 g/mol. The first-order valence-electron chi connectivity index (χ1n) is 12.9. The molecule has 0 aromatic rings. The zero-order valence-corrected chi connectivity index (χ0v) is 17.3. The quantitative estimate of drug-likeness (QED) is 0.391. The van der Waals surface area contributed by atoms with Gasteiger partial charge in [-0.3, -0.25) is 4.79 Å². The van der Waals surface area contributed by atoms with Crippen LogP contribution in [0.25, 0.3) is 0 Å². The van der Waals surface area contributed by atoms with Crippen LogP contribution >= 0.6 is 0 Å². The Balaban J connectivity index is 1.79. The summed E-state index contributed by atoms with van der Waals surface area (Å²) in [4.78, 5) is 12.5. The summed E-state index contributed by atoms with van der Waals surface area (Å²) in [7, 11) is -2.43. The third-order valence-corrected chi connectivity index (χ3v) is 7.50. The van der Waals surface area contributed by atoms with Crippen molar-refractivity contribution in [3.63, 3.8) is 0 Å². The summed E-state index contributed by atoms with van der Waals surface area (Å²) in [6, 6.07) is 0. The Morgan fingerprint density at radius 1 is 1.32 bits per heavy atom. The van der Waals surface area contributed by atoms with Crippen LogP contribution in [-0.2, 0) is 9.22 Å². The van der Waals surface area contributed by atoms with Gasteiger partial charge in [0.2, 0.25) is 0 Å². The van der Waals surface area contributed by atoms with Crippen molar-refractivity contribution in [2.24, 2.45) is 16.7 Å². The number of fused-ring (bicyclic) bond motifs is 1. The summed E-state index contributed by atoms with van der Waals surface area (Å²) in [5.41, 5.74) is -0.809. The van der Waals surface area contributed by atoms with E-state index in [4.69, 9.17) is 12.7 Å². The summed E-state index contributed by atoms with van der Waals surface area (Å²) in [6.07, 6.45) is 9.08. The van der Waals surface area contributed by atoms with E-state index < -0.39 is 27.6 Å². The van der Waals surface area contributed by atoms with Gasteiger partial charge in [0.05, 0.1) is 5.60 Å². The van der Waals surface area contributed by atoms with Gasteiger partial charge in [-0.05, 0) is 95.5 Å². The van der Waals surface area contributed by atoms with Crippen molar-refractivity contribution in [3.8, 4) is 0 Å². The molecule has 0 unspecified atom stereocenters. The van der Waals surface area contributed by atoms with Crippen molar-refractivity contribution >= 4 is 14.1 Å². The first-order chi connectivity index (χ1) is 14.0. The molecule has 2 fully saturated rings. The van der Waals surface area contributed by atoms with Crippen LogP contribution in [0.5, 0.6) is 0 Å². The largest absolute Gasteiger partial charge is 0.413 e. The molecule has 3 heteroatoms. The van der Waals surface area contributed by atoms with Gasteiger partial charge in [0.1, 0.15) is 5.78 Å². The van der Waals surface area contributed by atoms with Gasteiger partial charge < -0.3 is 4.43 Å². The number of rotatable bonds is 7. The third-order valence-electron chi connectivity index (χ3n) is 6.54. The van der Waals surface area contributed by atoms with E-state index >= 15 is 0 Å². The molecule has 3 rings (SSSR count). The van der Waals surface area contributed by atoms with Gasteiger partial charge in [0, 0.05) is 20.6 Å². The van der Waals surface area contributed by atoms with Crippen molar-refractivity contribution < 1.29 is 17.4 Å². The van der Waals surface area contributed by atoms with E-state index in [1.54, 1.807) is 0 Å². The molecule has 3 aliphatic rings. The summed E-state index contributed by atoms with van der Waals surface area (Å²) in [5, 5.41) is 0. The average molecular weight is 369 g/mol. The number of Topliss-reactive ketones (excluding diaryl/α,β-unsaturated/α-hetero) is 1. The summed E-state index contributed by atoms with van der Waals surface area (Å²) < 4.78 is 54.5. The zero-order valence-electron chi connectivity index (χ0n) is 22.3. The number of carbonyl (C=O) groups excluding carboxylic acids is 1. The second-order valence-corrected chi connectivity index (χ2v) is 14.2. The van der Waals surface area contributed by atoms with Crippen molar-refractivity contribution in [1.29, 1.82) is 0 Å². The minimum Gasteiger partial charge on any atom is -0.413 e. The fourth-order valence-corrected chi connectivity index (χ4v) is 6.54. The molecular formula is C22H38O2Si. The molecule has 0 aromatic carbocycles. The molecule has 25 heavy (non-hydrogen) atoms. The van der Waals surface area contributed by atoms with Gasteiger partial charge in [-0.15, -0.1) is 0 Å². The van der Waals surface area contributed by atoms with E-state index in [2.05, 4.69) is 13.0 Å². The molecule has 0 spiro atoms. The fourth-order valence-electron chi connectivity index (χ4n) is 5.39. The van der Waals surface area contributed by atoms with E-state index in [0.717, 1.165) is 38.5 Å². The average Bonchev–Trinajstić information content (AvgIpc) is 3.25. The highest BCUT2D eigenvalue weighted by molar-refractivity contribution is 6.69. The standard InChI is InChI=1S/C22H38O2Si/c1-20(2,24-25(4,5)6)12-8-14-22(15-16-22)19-11-10-17-18(23)9-7-13-21(17,19)3/h11,17H,7-10,12-16H2,1-6H3/t17-,21+/m0/s1/i1D3,2D3. The molecule has 0 N–H and O–H groups in total. The Bertz CT molecular complexity index is 731. The first-order valence-corrected chi connectivity index (χ1v) is 13.3. The van der Waals surface area contributed by atoms with Gasteiger partial charge >= 0.3 is 0 Å². The molecule has 142 valence electrons. The lowest BCUT2D eigenvalue weighted by Gasteiger charge is -2.41. The highest BCUT2D eigenvalue weighted by Crippen LogP contribution is 2.66. The lowest BCUT2D eigenvalue weighted by atomic mass is 9.62. The zero-order chi connectivity index (χ0) is 23.5. The van der Waals surface area contributed by atoms with Gasteiger partial charge in [-0.2, -0.15) is 0 Å². The molecule has 2 atom stereocenters. The number of hydrogen-bond donors (Lipinski definition) is 0. The second kappa shape index (κ2) is 6.33. The molecule has 0 aliphatic heterocycles. The van der Waals surface area contributed by atoms with Crippen LogP contribution in [0.3, 0.4) is 0 Å². The van der Waals surface area contributed by atoms with E-state index in [1.807, 2.05) is 19.6 Å². The number of ketones is 1. The minimum atomic E-state index is -2.73. The van der Waals surface area contributed by atoms with Gasteiger partial charge in [-0.25, -0.2) is 0 Å². The second-order valence-electron chi connectivity index (χ2n) is 9.82. The number of carbonyl (C=O) groups is 1. The normalized spacial score (nSPS) is 36.2. The lowest BCUT2D eigenvalue weighted by molar-refractivity contribution is -0.128. The van der Waals surface area contributed by atoms with E-state index in [-0.39, 0.29) is 23.2 Å². The molecular weight excluding hydrogens is 324 g/mol. The molecule has 2 saturated carbocycles. The minimum absolute atomic E-state index is 0.00161. The number of allylic oxidation sites excluding steroid dienone is 2. The van der Waals surface area contributed by atoms with E-state index in [0.29, 0.717) is 18.6 Å². The lowest BCUT2D eigenvalue weighted by Crippen LogP contribution is -2.39. The maximum Gasteiger partial charge on any atom is 0.184 e. The Hall–Kier alpha value is -0.413. The van der Waals surface area contributed by atoms with Crippen LogP contribution in [0.15, 0.2) is 11.6 Å². The molecule has 0 saturated heterocycles. The molecule has 0 heterocycles. The van der Waals surface area contributed by atoms with Crippen molar-refractivity contribution in [3.05, 3.63) is 11.6 Å². The predicted molar refractivity (Wildman–Crippen MR) is 107 cm³/mol. The molecule has 3 aliphatic carbocycles. The van der Waals surface area contributed by atoms with E-state index in [9.17, 15) is 4.79 Å². The van der Waals surface area contributed by atoms with E-state index in [1.165, 1.54) is 5.57 Å². The van der Waals surface area contributed by atoms with Gasteiger partial charge in [-0.1, -0.05) is 18.6 Å². The van der Waals surface area contributed by atoms with Gasteiger partial charge in [0.25, 0.3) is 0 Å². The van der Waals surface area contributed by atoms with Crippen LogP contribution < -0.4 is 0 Å². The Kier molecular flexibility index (Phi) is 3.26. The molecule has 0 radical (unpaired) electrons. The Morgan fingerprint density at radius 3 is 2.64 bits per heavy atom. The van der Waals surface area contributed by atoms with Crippen LogP contribution in [0.4, 0.5) is 0 Å². The first kappa shape index (κ1) is 12.9. The van der Waals surface area contributed by atoms with Crippen LogP contribution in [0.2, 0.25) is 19.6 Å². The Morgan fingerprint density at radius 2 is 2.04 bits per heavy atom. The van der Waals surface area contributed by atoms with Gasteiger partial charge in [0.15, 0.2) is 8.32 Å². The van der Waals surface area contributed by atoms with Crippen LogP contribution in [-0.4, -0.2) is 19.7 Å². The highest BCUT2D eigenvalue weighted by atomic mass is 28.4. The summed E-state index contributed by atoms with van der Waals surface area (Å²) >= 11 is 0. The smallest absolute Gasteiger partial charge is 0.184 e. The predicted octanol–water partition coefficient (Wildman–Crippen LogP) is 6.27. The molecule has 0 bridgehead atoms. The SMILES string of the molecule is [2H]C([2H])([2H])C(CCCC1(C2=CC[C@H]3C(=O)CCC[C@@]23C)CC1)(O[Si](C)(C)C)C([2H])([2H])[2H]. The van der Waals surface area contributed by atoms with Crippen LogP contribution in [0, 0.1) is 16.7 Å². The molecule has 0 amide bonds. The fraction of sp³-hybridized carbons (Fsp3) is 0.864. The number of hydrogen-bond acceptors (Lipinski definition) is 2. The van der Waals surface area contributed by atoms with Crippen molar-refractivity contribution in [2.75, 3.05) is 0 Å². The molecule has 2 nitrogen and oxygen atoms in total. The summed E-state index contributed by atoms with van der Waals surface area (Å²) in [6.45, 7) is 2.30. The topological polar surface area (TPSA) is 26.3 Å². The van der Waals surface area contributed by atoms with Crippen LogP contribution in [0.1, 0.15) is 86.6 Å². The summed E-state index contributed by atoms with van der Waals surface area (Å²) in [5.74, 6) is 0.468. The van der Waals surface area contributed by atoms with Crippen molar-refractivity contribution in [2.45, 2.75) is 104 Å². The maximum atomic E-state index is 12.5. The highest BCUT2D eigenvalue weighted by Gasteiger charge is 2.57. The maximum absolute atomic E-state index is 12.5. The molecule has 0 aromatic heterocycles. The Labute approximate surface area is 164 Å². The third kappa shape index (κ3) is 3.97.